The van der Waals surface area contributed by atoms with E-state index in [-0.39, 0.29) is 17.9 Å². The lowest BCUT2D eigenvalue weighted by Crippen LogP contribution is -2.54. The van der Waals surface area contributed by atoms with Crippen LogP contribution in [0, 0.1) is 5.92 Å². The molecule has 0 spiro atoms. The van der Waals surface area contributed by atoms with E-state index in [1.807, 2.05) is 14.0 Å². The van der Waals surface area contributed by atoms with Crippen molar-refractivity contribution in [2.75, 3.05) is 11.4 Å². The molecule has 1 fully saturated rings. The summed E-state index contributed by atoms with van der Waals surface area (Å²) in [7, 11) is 1.82. The van der Waals surface area contributed by atoms with Gasteiger partial charge in [0.1, 0.15) is 0 Å². The molecule has 6 nitrogen and oxygen atoms in total. The van der Waals surface area contributed by atoms with E-state index in [0.29, 0.717) is 6.54 Å². The van der Waals surface area contributed by atoms with E-state index in [9.17, 15) is 9.59 Å². The molecule has 3 amide bonds. The number of hydrogen-bond acceptors (Lipinski definition) is 3. The first-order valence-electron chi connectivity index (χ1n) is 5.67. The smallest absolute Gasteiger partial charge is 0.290 e. The number of hydrogen-bond donors (Lipinski definition) is 1. The highest BCUT2D eigenvalue weighted by atomic mass is 16.2. The van der Waals surface area contributed by atoms with Crippen molar-refractivity contribution in [1.82, 2.24) is 15.1 Å². The van der Waals surface area contributed by atoms with E-state index in [1.165, 1.54) is 0 Å². The first-order chi connectivity index (χ1) is 8.02. The molecule has 0 radical (unpaired) electrons. The summed E-state index contributed by atoms with van der Waals surface area (Å²) in [5, 5.41) is 6.64. The molecule has 6 heteroatoms. The molecule has 1 saturated heterocycles. The number of nitrogens with one attached hydrogen (secondary N) is 1. The van der Waals surface area contributed by atoms with Gasteiger partial charge in [-0.25, -0.2) is 4.79 Å². The molecule has 1 unspecified atom stereocenters. The lowest BCUT2D eigenvalue weighted by Gasteiger charge is -2.29. The van der Waals surface area contributed by atoms with Gasteiger partial charge < -0.3 is 0 Å². The summed E-state index contributed by atoms with van der Waals surface area (Å²) in [5.41, 5.74) is 1.65. The number of carbonyl (C=O) groups is 2. The molecular formula is C11H16N4O2. The highest BCUT2D eigenvalue weighted by molar-refractivity contribution is 6.06. The number of urea groups is 1. The number of carbonyl (C=O) groups excluding carboxylic acids is 2. The molecule has 1 aliphatic rings. The van der Waals surface area contributed by atoms with Crippen molar-refractivity contribution in [1.29, 1.82) is 0 Å². The summed E-state index contributed by atoms with van der Waals surface area (Å²) in [6.07, 6.45) is 2.56. The minimum Gasteiger partial charge on any atom is -0.290 e. The van der Waals surface area contributed by atoms with E-state index in [1.54, 1.807) is 22.7 Å². The Morgan fingerprint density at radius 3 is 2.88 bits per heavy atom. The van der Waals surface area contributed by atoms with Crippen LogP contribution in [-0.2, 0) is 18.3 Å². The van der Waals surface area contributed by atoms with Crippen molar-refractivity contribution < 1.29 is 9.59 Å². The molecule has 2 heterocycles. The molecule has 1 N–H and O–H groups in total. The second-order valence-corrected chi connectivity index (χ2v) is 4.29. The Bertz CT molecular complexity index is 466. The fourth-order valence-electron chi connectivity index (χ4n) is 1.94. The molecule has 0 saturated carbocycles. The molecule has 0 bridgehead atoms. The van der Waals surface area contributed by atoms with Gasteiger partial charge >= 0.3 is 6.03 Å². The summed E-state index contributed by atoms with van der Waals surface area (Å²) < 4.78 is 1.68. The summed E-state index contributed by atoms with van der Waals surface area (Å²) in [5.74, 6) is -0.411. The first-order valence-corrected chi connectivity index (χ1v) is 5.67. The third kappa shape index (κ3) is 2.02. The summed E-state index contributed by atoms with van der Waals surface area (Å²) in [6, 6.07) is -0.365. The predicted molar refractivity (Wildman–Crippen MR) is 62.6 cm³/mol. The van der Waals surface area contributed by atoms with Crippen LogP contribution in [0.2, 0.25) is 0 Å². The molecular weight excluding hydrogens is 220 g/mol. The molecule has 17 heavy (non-hydrogen) atoms. The van der Waals surface area contributed by atoms with Gasteiger partial charge in [-0.05, 0) is 6.42 Å². The zero-order valence-corrected chi connectivity index (χ0v) is 10.2. The molecule has 0 aliphatic carbocycles. The Hall–Kier alpha value is -1.85. The largest absolute Gasteiger partial charge is 0.328 e. The predicted octanol–water partition coefficient (Wildman–Crippen LogP) is 0.675. The van der Waals surface area contributed by atoms with Gasteiger partial charge in [0, 0.05) is 19.8 Å². The van der Waals surface area contributed by atoms with Gasteiger partial charge in [0.15, 0.2) is 0 Å². The maximum absolute atomic E-state index is 11.8. The lowest BCUT2D eigenvalue weighted by molar-refractivity contribution is -0.123. The van der Waals surface area contributed by atoms with Crippen molar-refractivity contribution in [2.45, 2.75) is 20.3 Å². The van der Waals surface area contributed by atoms with Crippen LogP contribution in [-0.4, -0.2) is 28.3 Å². The SMILES string of the molecule is CCc1nn(C)cc1N1CC(C)C(=O)NC1=O. The van der Waals surface area contributed by atoms with Crippen LogP contribution < -0.4 is 10.2 Å². The zero-order chi connectivity index (χ0) is 12.6. The summed E-state index contributed by atoms with van der Waals surface area (Å²) >= 11 is 0. The first kappa shape index (κ1) is 11.6. The van der Waals surface area contributed by atoms with Gasteiger partial charge in [-0.15, -0.1) is 0 Å². The van der Waals surface area contributed by atoms with Crippen LogP contribution in [0.1, 0.15) is 19.5 Å². The quantitative estimate of drug-likeness (QED) is 0.820. The number of nitrogens with zero attached hydrogens (tertiary/aromatic N) is 3. The molecule has 1 atom stereocenters. The van der Waals surface area contributed by atoms with Gasteiger partial charge in [0.25, 0.3) is 0 Å². The maximum Gasteiger partial charge on any atom is 0.328 e. The number of rotatable bonds is 2. The van der Waals surface area contributed by atoms with Gasteiger partial charge in [0.2, 0.25) is 5.91 Å². The Kier molecular flexibility index (Phi) is 2.87. The highest BCUT2D eigenvalue weighted by Gasteiger charge is 2.31. The fourth-order valence-corrected chi connectivity index (χ4v) is 1.94. The van der Waals surface area contributed by atoms with Crippen LogP contribution in [0.4, 0.5) is 10.5 Å². The number of aryl methyl sites for hydroxylation is 2. The van der Waals surface area contributed by atoms with Crippen molar-refractivity contribution in [3.05, 3.63) is 11.9 Å². The fraction of sp³-hybridized carbons (Fsp3) is 0.545. The minimum atomic E-state index is -0.365. The van der Waals surface area contributed by atoms with Gasteiger partial charge in [-0.2, -0.15) is 5.10 Å². The number of amides is 3. The topological polar surface area (TPSA) is 67.2 Å². The van der Waals surface area contributed by atoms with Gasteiger partial charge in [-0.3, -0.25) is 19.7 Å². The zero-order valence-electron chi connectivity index (χ0n) is 10.2. The maximum atomic E-state index is 11.8. The van der Waals surface area contributed by atoms with E-state index in [4.69, 9.17) is 0 Å². The van der Waals surface area contributed by atoms with Crippen molar-refractivity contribution >= 4 is 17.6 Å². The average molecular weight is 236 g/mol. The van der Waals surface area contributed by atoms with Crippen molar-refractivity contribution in [3.8, 4) is 0 Å². The monoisotopic (exact) mass is 236 g/mol. The van der Waals surface area contributed by atoms with Gasteiger partial charge in [-0.1, -0.05) is 13.8 Å². The lowest BCUT2D eigenvalue weighted by atomic mass is 10.1. The Labute approximate surface area is 99.6 Å². The molecule has 1 aromatic rings. The van der Waals surface area contributed by atoms with Crippen molar-refractivity contribution in [3.63, 3.8) is 0 Å². The number of anilines is 1. The van der Waals surface area contributed by atoms with Crippen LogP contribution >= 0.6 is 0 Å². The van der Waals surface area contributed by atoms with Crippen LogP contribution in [0.15, 0.2) is 6.20 Å². The third-order valence-corrected chi connectivity index (χ3v) is 2.89. The number of imide groups is 1. The van der Waals surface area contributed by atoms with Crippen LogP contribution in [0.5, 0.6) is 0 Å². The van der Waals surface area contributed by atoms with Crippen LogP contribution in [0.3, 0.4) is 0 Å². The van der Waals surface area contributed by atoms with Crippen molar-refractivity contribution in [2.24, 2.45) is 13.0 Å². The highest BCUT2D eigenvalue weighted by Crippen LogP contribution is 2.23. The van der Waals surface area contributed by atoms with Crippen LogP contribution in [0.25, 0.3) is 0 Å². The van der Waals surface area contributed by atoms with E-state index in [0.717, 1.165) is 17.8 Å². The summed E-state index contributed by atoms with van der Waals surface area (Å²) in [6.45, 7) is 4.20. The summed E-state index contributed by atoms with van der Waals surface area (Å²) in [4.78, 5) is 24.7. The third-order valence-electron chi connectivity index (χ3n) is 2.89. The average Bonchev–Trinajstić information content (AvgIpc) is 2.64. The second kappa shape index (κ2) is 4.20. The second-order valence-electron chi connectivity index (χ2n) is 4.29. The molecule has 1 aromatic heterocycles. The van der Waals surface area contributed by atoms with E-state index in [2.05, 4.69) is 10.4 Å². The Morgan fingerprint density at radius 1 is 1.53 bits per heavy atom. The molecule has 2 rings (SSSR count). The minimum absolute atomic E-state index is 0.197. The number of aromatic nitrogens is 2. The molecule has 92 valence electrons. The van der Waals surface area contributed by atoms with Gasteiger partial charge in [0.05, 0.1) is 17.3 Å². The Morgan fingerprint density at radius 2 is 2.24 bits per heavy atom. The molecule has 1 aliphatic heterocycles. The Balaban J connectivity index is 2.32. The standard InChI is InChI=1S/C11H16N4O2/c1-4-8-9(6-14(3)13-8)15-5-7(2)10(16)12-11(15)17/h6-7H,4-5H2,1-3H3,(H,12,16,17). The molecule has 0 aromatic carbocycles. The van der Waals surface area contributed by atoms with E-state index >= 15 is 0 Å². The normalized spacial score (nSPS) is 20.6. The van der Waals surface area contributed by atoms with E-state index < -0.39 is 0 Å².